The van der Waals surface area contributed by atoms with Crippen LogP contribution in [0.2, 0.25) is 0 Å². The summed E-state index contributed by atoms with van der Waals surface area (Å²) in [6.45, 7) is 0.808. The molecule has 116 valence electrons. The Kier molecular flexibility index (Phi) is 5.33. The highest BCUT2D eigenvalue weighted by atomic mass is 31.1. The molecule has 1 aromatic heterocycles. The highest BCUT2D eigenvalue weighted by Gasteiger charge is 2.12. The minimum atomic E-state index is -0.369. The normalized spacial score (nSPS) is 11.4. The monoisotopic (exact) mass is 321 g/mol. The molecule has 0 N–H and O–H groups in total. The summed E-state index contributed by atoms with van der Waals surface area (Å²) in [5.41, 5.74) is 0. The van der Waals surface area contributed by atoms with E-state index in [1.807, 2.05) is 24.0 Å². The lowest BCUT2D eigenvalue weighted by Gasteiger charge is -2.17. The summed E-state index contributed by atoms with van der Waals surface area (Å²) >= 11 is 0. The molecule has 0 amide bonds. The number of aromatic nitrogens is 2. The highest BCUT2D eigenvalue weighted by Crippen LogP contribution is 2.32. The Morgan fingerprint density at radius 1 is 1.00 bits per heavy atom. The van der Waals surface area contributed by atoms with E-state index in [4.69, 9.17) is 0 Å². The van der Waals surface area contributed by atoms with E-state index in [9.17, 15) is 0 Å². The lowest BCUT2D eigenvalue weighted by atomic mass is 10.4. The Labute approximate surface area is 138 Å². The maximum Gasteiger partial charge on any atom is 0.150 e. The molecule has 0 aliphatic carbocycles. The molecule has 3 nitrogen and oxygen atoms in total. The molecule has 3 rings (SSSR count). The molecule has 0 saturated heterocycles. The fourth-order valence-corrected chi connectivity index (χ4v) is 4.62. The maximum absolute atomic E-state index is 4.57. The number of aryl methyl sites for hydroxylation is 1. The highest BCUT2D eigenvalue weighted by molar-refractivity contribution is 7.73. The Hall–Kier alpha value is -2.25. The summed E-state index contributed by atoms with van der Waals surface area (Å²) in [6, 6.07) is 21.5. The molecule has 0 atom stereocenters. The molecule has 0 bridgehead atoms. The molecule has 23 heavy (non-hydrogen) atoms. The third-order valence-electron chi connectivity index (χ3n) is 3.65. The molecule has 3 aromatic rings. The Balaban J connectivity index is 1.72. The van der Waals surface area contributed by atoms with Crippen molar-refractivity contribution >= 4 is 24.7 Å². The van der Waals surface area contributed by atoms with E-state index < -0.39 is 0 Å². The smallest absolute Gasteiger partial charge is 0.150 e. The third-order valence-corrected chi connectivity index (χ3v) is 6.14. The first-order chi connectivity index (χ1) is 11.3. The number of imidazole rings is 1. The van der Waals surface area contributed by atoms with Gasteiger partial charge in [0.15, 0.2) is 0 Å². The van der Waals surface area contributed by atoms with E-state index in [1.165, 1.54) is 10.6 Å². The maximum atomic E-state index is 4.57. The Morgan fingerprint density at radius 2 is 1.61 bits per heavy atom. The van der Waals surface area contributed by atoms with Crippen LogP contribution in [0.4, 0.5) is 0 Å². The van der Waals surface area contributed by atoms with Gasteiger partial charge in [0.25, 0.3) is 0 Å². The van der Waals surface area contributed by atoms with E-state index in [0.29, 0.717) is 0 Å². The zero-order chi connectivity index (χ0) is 15.9. The van der Waals surface area contributed by atoms with Gasteiger partial charge in [0.2, 0.25) is 0 Å². The van der Waals surface area contributed by atoms with E-state index in [2.05, 4.69) is 70.6 Å². The summed E-state index contributed by atoms with van der Waals surface area (Å²) in [7, 11) is 1.61. The van der Waals surface area contributed by atoms with Gasteiger partial charge in [-0.3, -0.25) is 4.99 Å². The summed E-state index contributed by atoms with van der Waals surface area (Å²) in [5.74, 6) is 0.897. The van der Waals surface area contributed by atoms with Crippen LogP contribution in [0.3, 0.4) is 0 Å². The van der Waals surface area contributed by atoms with Crippen LogP contribution in [0.25, 0.3) is 0 Å². The Morgan fingerprint density at radius 3 is 2.13 bits per heavy atom. The van der Waals surface area contributed by atoms with E-state index >= 15 is 0 Å². The number of benzene rings is 2. The quantitative estimate of drug-likeness (QED) is 0.507. The lowest BCUT2D eigenvalue weighted by molar-refractivity contribution is 0.900. The predicted octanol–water partition coefficient (Wildman–Crippen LogP) is 2.97. The van der Waals surface area contributed by atoms with Crippen molar-refractivity contribution in [2.45, 2.75) is 0 Å². The molecule has 2 aromatic carbocycles. The lowest BCUT2D eigenvalue weighted by Crippen LogP contribution is -2.15. The van der Waals surface area contributed by atoms with Crippen LogP contribution in [0.1, 0.15) is 5.82 Å². The predicted molar refractivity (Wildman–Crippen MR) is 99.6 cm³/mol. The van der Waals surface area contributed by atoms with Gasteiger partial charge in [0, 0.05) is 26.0 Å². The van der Waals surface area contributed by atoms with E-state index in [0.717, 1.165) is 18.5 Å². The van der Waals surface area contributed by atoms with Crippen LogP contribution in [0, 0.1) is 0 Å². The zero-order valence-corrected chi connectivity index (χ0v) is 14.1. The second-order valence-corrected chi connectivity index (χ2v) is 7.59. The molecular formula is C19H20N3P. The van der Waals surface area contributed by atoms with Gasteiger partial charge in [-0.2, -0.15) is 0 Å². The second-order valence-electron chi connectivity index (χ2n) is 5.25. The van der Waals surface area contributed by atoms with Crippen LogP contribution in [-0.2, 0) is 7.05 Å². The Bertz CT molecular complexity index is 711. The number of nitrogens with zero attached hydrogens (tertiary/aromatic N) is 3. The molecule has 0 aliphatic rings. The molecule has 0 fully saturated rings. The van der Waals surface area contributed by atoms with Gasteiger partial charge in [0.1, 0.15) is 5.82 Å². The van der Waals surface area contributed by atoms with Gasteiger partial charge >= 0.3 is 0 Å². The summed E-state index contributed by atoms with van der Waals surface area (Å²) in [5, 5.41) is 2.81. The van der Waals surface area contributed by atoms with Crippen LogP contribution in [0.15, 0.2) is 78.0 Å². The minimum absolute atomic E-state index is 0.369. The van der Waals surface area contributed by atoms with Crippen molar-refractivity contribution in [3.63, 3.8) is 0 Å². The molecule has 0 radical (unpaired) electrons. The SMILES string of the molecule is Cn1ccnc1/C=N/CCP(c1ccccc1)c1ccccc1. The van der Waals surface area contributed by atoms with Crippen LogP contribution in [-0.4, -0.2) is 28.5 Å². The molecule has 0 aliphatic heterocycles. The van der Waals surface area contributed by atoms with Crippen molar-refractivity contribution in [1.82, 2.24) is 9.55 Å². The van der Waals surface area contributed by atoms with Crippen molar-refractivity contribution in [2.75, 3.05) is 12.7 Å². The van der Waals surface area contributed by atoms with Gasteiger partial charge in [-0.05, 0) is 24.7 Å². The molecule has 1 heterocycles. The summed E-state index contributed by atoms with van der Waals surface area (Å²) in [6.07, 6.45) is 6.64. The first kappa shape index (κ1) is 15.6. The van der Waals surface area contributed by atoms with E-state index in [1.54, 1.807) is 6.20 Å². The largest absolute Gasteiger partial charge is 0.333 e. The van der Waals surface area contributed by atoms with Crippen molar-refractivity contribution in [1.29, 1.82) is 0 Å². The standard InChI is InChI=1S/C19H20N3P/c1-22-14-12-21-19(22)16-20-13-15-23(17-8-4-2-5-9-17)18-10-6-3-7-11-18/h2-12,14,16H,13,15H2,1H3/b20-16+. The van der Waals surface area contributed by atoms with Crippen molar-refractivity contribution in [3.8, 4) is 0 Å². The van der Waals surface area contributed by atoms with Crippen LogP contribution in [0.5, 0.6) is 0 Å². The van der Waals surface area contributed by atoms with Crippen LogP contribution >= 0.6 is 7.92 Å². The molecular weight excluding hydrogens is 301 g/mol. The number of hydrogen-bond acceptors (Lipinski definition) is 2. The van der Waals surface area contributed by atoms with Crippen LogP contribution < -0.4 is 10.6 Å². The van der Waals surface area contributed by atoms with Gasteiger partial charge < -0.3 is 4.57 Å². The molecule has 4 heteroatoms. The van der Waals surface area contributed by atoms with Gasteiger partial charge in [0.05, 0.1) is 6.21 Å². The van der Waals surface area contributed by atoms with Gasteiger partial charge in [-0.15, -0.1) is 0 Å². The first-order valence-corrected chi connectivity index (χ1v) is 9.22. The van der Waals surface area contributed by atoms with Crippen molar-refractivity contribution in [2.24, 2.45) is 12.0 Å². The first-order valence-electron chi connectivity index (χ1n) is 7.69. The summed E-state index contributed by atoms with van der Waals surface area (Å²) < 4.78 is 1.97. The molecule has 0 unspecified atom stereocenters. The van der Waals surface area contributed by atoms with E-state index in [-0.39, 0.29) is 7.92 Å². The van der Waals surface area contributed by atoms with Gasteiger partial charge in [-0.1, -0.05) is 60.7 Å². The number of aliphatic imine (C=N–C) groups is 1. The van der Waals surface area contributed by atoms with Crippen molar-refractivity contribution in [3.05, 3.63) is 78.9 Å². The molecule has 0 saturated carbocycles. The number of hydrogen-bond donors (Lipinski definition) is 0. The zero-order valence-electron chi connectivity index (χ0n) is 13.2. The number of rotatable bonds is 6. The average Bonchev–Trinajstić information content (AvgIpc) is 3.01. The molecule has 0 spiro atoms. The average molecular weight is 321 g/mol. The fraction of sp³-hybridized carbons (Fsp3) is 0.158. The summed E-state index contributed by atoms with van der Waals surface area (Å²) in [4.78, 5) is 8.84. The topological polar surface area (TPSA) is 30.2 Å². The van der Waals surface area contributed by atoms with Crippen molar-refractivity contribution < 1.29 is 0 Å². The van der Waals surface area contributed by atoms with Gasteiger partial charge in [-0.25, -0.2) is 4.98 Å². The third kappa shape index (κ3) is 4.14. The minimum Gasteiger partial charge on any atom is -0.333 e. The second kappa shape index (κ2) is 7.85. The fourth-order valence-electron chi connectivity index (χ4n) is 2.43.